The predicted molar refractivity (Wildman–Crippen MR) is 81.5 cm³/mol. The average molecular weight is 329 g/mol. The van der Waals surface area contributed by atoms with E-state index in [1.165, 1.54) is 12.8 Å². The highest BCUT2D eigenvalue weighted by molar-refractivity contribution is 7.88. The second kappa shape index (κ2) is 7.19. The van der Waals surface area contributed by atoms with Gasteiger partial charge in [-0.05, 0) is 19.8 Å². The van der Waals surface area contributed by atoms with Crippen LogP contribution in [-0.2, 0) is 14.8 Å². The van der Waals surface area contributed by atoms with E-state index in [-0.39, 0.29) is 24.9 Å². The van der Waals surface area contributed by atoms with Gasteiger partial charge in [0.25, 0.3) is 0 Å². The number of nitrogens with zero attached hydrogens (tertiary/aromatic N) is 3. The quantitative estimate of drug-likeness (QED) is 0.758. The van der Waals surface area contributed by atoms with Crippen molar-refractivity contribution in [2.45, 2.75) is 51.1 Å². The largest absolute Gasteiger partial charge is 0.346 e. The molecular formula is C13H23N5O3S. The third-order valence-corrected chi connectivity index (χ3v) is 4.53. The molecule has 0 spiro atoms. The summed E-state index contributed by atoms with van der Waals surface area (Å²) in [6.07, 6.45) is 7.53. The summed E-state index contributed by atoms with van der Waals surface area (Å²) in [5.74, 6) is 0.529. The number of hydrogen-bond acceptors (Lipinski definition) is 5. The van der Waals surface area contributed by atoms with E-state index in [1.807, 2.05) is 11.5 Å². The van der Waals surface area contributed by atoms with E-state index >= 15 is 0 Å². The molecule has 0 radical (unpaired) electrons. The van der Waals surface area contributed by atoms with Crippen LogP contribution in [0.3, 0.4) is 0 Å². The monoisotopic (exact) mass is 329 g/mol. The molecule has 1 aliphatic carbocycles. The topological polar surface area (TPSA) is 106 Å². The van der Waals surface area contributed by atoms with E-state index in [4.69, 9.17) is 0 Å². The fourth-order valence-electron chi connectivity index (χ4n) is 2.75. The van der Waals surface area contributed by atoms with E-state index in [2.05, 4.69) is 20.2 Å². The summed E-state index contributed by atoms with van der Waals surface area (Å²) < 4.78 is 26.2. The van der Waals surface area contributed by atoms with E-state index in [0.717, 1.165) is 24.9 Å². The molecule has 2 rings (SSSR count). The number of nitrogens with one attached hydrogen (secondary N) is 2. The second-order valence-electron chi connectivity index (χ2n) is 5.74. The maximum Gasteiger partial charge on any atom is 0.221 e. The minimum Gasteiger partial charge on any atom is -0.346 e. The van der Waals surface area contributed by atoms with Gasteiger partial charge in [0, 0.05) is 19.0 Å². The van der Waals surface area contributed by atoms with E-state index in [0.29, 0.717) is 6.04 Å². The minimum absolute atomic E-state index is 0.0900. The molecule has 22 heavy (non-hydrogen) atoms. The van der Waals surface area contributed by atoms with Gasteiger partial charge in [0.15, 0.2) is 5.82 Å². The molecule has 1 aromatic heterocycles. The zero-order chi connectivity index (χ0) is 16.2. The van der Waals surface area contributed by atoms with Crippen LogP contribution in [0.15, 0.2) is 6.33 Å². The highest BCUT2D eigenvalue weighted by atomic mass is 32.2. The van der Waals surface area contributed by atoms with Crippen molar-refractivity contribution in [2.24, 2.45) is 0 Å². The molecule has 8 nitrogen and oxygen atoms in total. The molecule has 9 heteroatoms. The smallest absolute Gasteiger partial charge is 0.221 e. The number of amides is 1. The average Bonchev–Trinajstić information content (AvgIpc) is 3.08. The molecule has 1 amide bonds. The number of rotatable bonds is 7. The highest BCUT2D eigenvalue weighted by Gasteiger charge is 2.23. The van der Waals surface area contributed by atoms with Crippen molar-refractivity contribution >= 4 is 15.9 Å². The van der Waals surface area contributed by atoms with Crippen LogP contribution < -0.4 is 10.0 Å². The Labute approximate surface area is 130 Å². The second-order valence-corrected chi connectivity index (χ2v) is 7.57. The predicted octanol–water partition coefficient (Wildman–Crippen LogP) is 0.510. The van der Waals surface area contributed by atoms with Crippen LogP contribution in [0.4, 0.5) is 0 Å². The van der Waals surface area contributed by atoms with Crippen molar-refractivity contribution in [1.29, 1.82) is 0 Å². The molecule has 124 valence electrons. The Balaban J connectivity index is 1.88. The molecule has 2 N–H and O–H groups in total. The lowest BCUT2D eigenvalue weighted by Gasteiger charge is -2.18. The van der Waals surface area contributed by atoms with Crippen LogP contribution in [0.2, 0.25) is 0 Å². The molecule has 0 saturated heterocycles. The molecule has 0 aromatic carbocycles. The number of carbonyl (C=O) groups is 1. The van der Waals surface area contributed by atoms with Gasteiger partial charge in [-0.15, -0.1) is 10.2 Å². The Hall–Kier alpha value is -1.48. The standard InChI is InChI=1S/C13H23N5O3S/c1-10(16-12(19)7-8-15-22(2,20)21)13-17-14-9-18(13)11-5-3-4-6-11/h9-11,15H,3-8H2,1-2H3,(H,16,19). The van der Waals surface area contributed by atoms with Crippen molar-refractivity contribution in [1.82, 2.24) is 24.8 Å². The van der Waals surface area contributed by atoms with E-state index < -0.39 is 10.0 Å². The molecule has 1 saturated carbocycles. The summed E-state index contributed by atoms with van der Waals surface area (Å²) >= 11 is 0. The number of hydrogen-bond donors (Lipinski definition) is 2. The number of sulfonamides is 1. The molecule has 0 bridgehead atoms. The summed E-state index contributed by atoms with van der Waals surface area (Å²) in [5, 5.41) is 10.9. The lowest BCUT2D eigenvalue weighted by atomic mass is 10.2. The fraction of sp³-hybridized carbons (Fsp3) is 0.769. The molecule has 1 atom stereocenters. The number of carbonyl (C=O) groups excluding carboxylic acids is 1. The van der Waals surface area contributed by atoms with Gasteiger partial charge in [0.05, 0.1) is 12.3 Å². The summed E-state index contributed by atoms with van der Waals surface area (Å²) in [6, 6.07) is 0.157. The van der Waals surface area contributed by atoms with Crippen LogP contribution >= 0.6 is 0 Å². The highest BCUT2D eigenvalue weighted by Crippen LogP contribution is 2.31. The Morgan fingerprint density at radius 3 is 2.77 bits per heavy atom. The summed E-state index contributed by atoms with van der Waals surface area (Å²) in [4.78, 5) is 11.9. The van der Waals surface area contributed by atoms with E-state index in [9.17, 15) is 13.2 Å². The van der Waals surface area contributed by atoms with Crippen molar-refractivity contribution < 1.29 is 13.2 Å². The molecule has 1 aliphatic rings. The van der Waals surface area contributed by atoms with Crippen molar-refractivity contribution in [2.75, 3.05) is 12.8 Å². The van der Waals surface area contributed by atoms with Crippen LogP contribution in [0.5, 0.6) is 0 Å². The SMILES string of the molecule is CC(NC(=O)CCNS(C)(=O)=O)c1nncn1C1CCCC1. The zero-order valence-electron chi connectivity index (χ0n) is 12.9. The Bertz CT molecular complexity index is 607. The molecule has 1 aromatic rings. The Morgan fingerprint density at radius 2 is 2.14 bits per heavy atom. The first-order valence-corrected chi connectivity index (χ1v) is 9.39. The van der Waals surface area contributed by atoms with Gasteiger partial charge < -0.3 is 9.88 Å². The van der Waals surface area contributed by atoms with Gasteiger partial charge in [0.2, 0.25) is 15.9 Å². The maximum atomic E-state index is 11.9. The lowest BCUT2D eigenvalue weighted by Crippen LogP contribution is -2.32. The van der Waals surface area contributed by atoms with Gasteiger partial charge >= 0.3 is 0 Å². The molecule has 1 heterocycles. The van der Waals surface area contributed by atoms with Crippen LogP contribution in [0.25, 0.3) is 0 Å². The summed E-state index contributed by atoms with van der Waals surface area (Å²) in [7, 11) is -3.27. The molecular weight excluding hydrogens is 306 g/mol. The summed E-state index contributed by atoms with van der Waals surface area (Å²) in [5.41, 5.74) is 0. The lowest BCUT2D eigenvalue weighted by molar-refractivity contribution is -0.121. The van der Waals surface area contributed by atoms with Gasteiger partial charge in [-0.25, -0.2) is 13.1 Å². The Morgan fingerprint density at radius 1 is 1.45 bits per heavy atom. The van der Waals surface area contributed by atoms with Crippen molar-refractivity contribution in [3.05, 3.63) is 12.2 Å². The zero-order valence-corrected chi connectivity index (χ0v) is 13.8. The maximum absolute atomic E-state index is 11.9. The van der Waals surface area contributed by atoms with Crippen LogP contribution in [0.1, 0.15) is 56.9 Å². The number of aromatic nitrogens is 3. The first-order valence-electron chi connectivity index (χ1n) is 7.50. The Kier molecular flexibility index (Phi) is 5.52. The summed E-state index contributed by atoms with van der Waals surface area (Å²) in [6.45, 7) is 1.95. The van der Waals surface area contributed by atoms with Crippen LogP contribution in [0, 0.1) is 0 Å². The first-order chi connectivity index (χ1) is 10.4. The normalized spacial score (nSPS) is 17.5. The molecule has 0 aliphatic heterocycles. The molecule has 1 unspecified atom stereocenters. The third kappa shape index (κ3) is 4.77. The van der Waals surface area contributed by atoms with Gasteiger partial charge in [-0.2, -0.15) is 0 Å². The fourth-order valence-corrected chi connectivity index (χ4v) is 3.23. The van der Waals surface area contributed by atoms with Crippen molar-refractivity contribution in [3.8, 4) is 0 Å². The first kappa shape index (κ1) is 16.9. The van der Waals surface area contributed by atoms with Gasteiger partial charge in [-0.1, -0.05) is 12.8 Å². The van der Waals surface area contributed by atoms with Gasteiger partial charge in [-0.3, -0.25) is 4.79 Å². The third-order valence-electron chi connectivity index (χ3n) is 3.80. The van der Waals surface area contributed by atoms with Crippen LogP contribution in [-0.4, -0.2) is 41.9 Å². The van der Waals surface area contributed by atoms with Gasteiger partial charge in [0.1, 0.15) is 6.33 Å². The molecule has 1 fully saturated rings. The van der Waals surface area contributed by atoms with Crippen molar-refractivity contribution in [3.63, 3.8) is 0 Å². The van der Waals surface area contributed by atoms with E-state index in [1.54, 1.807) is 6.33 Å². The minimum atomic E-state index is -3.27.